The zero-order valence-electron chi connectivity index (χ0n) is 23.5. The van der Waals surface area contributed by atoms with Crippen LogP contribution in [0.15, 0.2) is 58.8 Å². The van der Waals surface area contributed by atoms with Crippen molar-refractivity contribution in [1.29, 1.82) is 0 Å². The Hall–Kier alpha value is -4.04. The smallest absolute Gasteiger partial charge is 0.331 e. The van der Waals surface area contributed by atoms with Gasteiger partial charge < -0.3 is 14.2 Å². The minimum Gasteiger partial charge on any atom is -0.340 e. The molecule has 2 heterocycles. The number of nitrogens with zero attached hydrogens (tertiary/aromatic N) is 3. The van der Waals surface area contributed by atoms with E-state index in [1.807, 2.05) is 26.0 Å². The first-order chi connectivity index (χ1) is 19.3. The van der Waals surface area contributed by atoms with Crippen LogP contribution in [-0.2, 0) is 25.8 Å². The Kier molecular flexibility index (Phi) is 7.98. The van der Waals surface area contributed by atoms with Crippen molar-refractivity contribution in [3.63, 3.8) is 0 Å². The Bertz CT molecular complexity index is 1830. The molecule has 2 aromatic heterocycles. The molecule has 0 saturated carbocycles. The Morgan fingerprint density at radius 3 is 1.95 bits per heavy atom. The Morgan fingerprint density at radius 1 is 0.700 bits per heavy atom. The molecule has 0 aliphatic rings. The number of carbonyl (C=O) groups is 2. The summed E-state index contributed by atoms with van der Waals surface area (Å²) in [5.74, 6) is -0.876. The van der Waals surface area contributed by atoms with Gasteiger partial charge in [0, 0.05) is 62.4 Å². The number of hydrogen-bond donors (Lipinski definition) is 0. The third kappa shape index (κ3) is 5.49. The van der Waals surface area contributed by atoms with E-state index < -0.39 is 11.9 Å². The number of oxime groups is 2. The molecule has 5 aromatic rings. The van der Waals surface area contributed by atoms with Crippen molar-refractivity contribution in [1.82, 2.24) is 4.57 Å². The van der Waals surface area contributed by atoms with E-state index in [4.69, 9.17) is 9.68 Å². The molecule has 0 aliphatic carbocycles. The van der Waals surface area contributed by atoms with Crippen molar-refractivity contribution in [2.24, 2.45) is 10.3 Å². The van der Waals surface area contributed by atoms with E-state index in [1.165, 1.54) is 64.3 Å². The summed E-state index contributed by atoms with van der Waals surface area (Å²) in [6, 6.07) is 17.2. The van der Waals surface area contributed by atoms with Crippen LogP contribution in [0.1, 0.15) is 71.4 Å². The van der Waals surface area contributed by atoms with Gasteiger partial charge in [0.05, 0.1) is 11.4 Å². The molecule has 0 bridgehead atoms. The van der Waals surface area contributed by atoms with E-state index in [0.29, 0.717) is 11.4 Å². The monoisotopic (exact) mass is 555 g/mol. The van der Waals surface area contributed by atoms with Gasteiger partial charge in [-0.1, -0.05) is 48.6 Å². The van der Waals surface area contributed by atoms with Crippen molar-refractivity contribution in [2.45, 2.75) is 66.8 Å². The lowest BCUT2D eigenvalue weighted by Gasteiger charge is -2.08. The second kappa shape index (κ2) is 11.6. The van der Waals surface area contributed by atoms with Gasteiger partial charge in [-0.3, -0.25) is 0 Å². The number of fused-ring (bicyclic) bond motifs is 6. The summed E-state index contributed by atoms with van der Waals surface area (Å²) >= 11 is 1.76. The van der Waals surface area contributed by atoms with Crippen LogP contribution in [0.5, 0.6) is 0 Å². The van der Waals surface area contributed by atoms with Gasteiger partial charge in [-0.15, -0.1) is 11.3 Å². The number of rotatable bonds is 9. The highest BCUT2D eigenvalue weighted by Gasteiger charge is 2.16. The van der Waals surface area contributed by atoms with E-state index in [0.717, 1.165) is 34.9 Å². The lowest BCUT2D eigenvalue weighted by Crippen LogP contribution is -2.00. The molecule has 8 heteroatoms. The molecule has 0 atom stereocenters. The lowest BCUT2D eigenvalue weighted by molar-refractivity contribution is -0.141. The van der Waals surface area contributed by atoms with Gasteiger partial charge >= 0.3 is 11.9 Å². The second-order valence-corrected chi connectivity index (χ2v) is 11.2. The van der Waals surface area contributed by atoms with Crippen LogP contribution in [0.2, 0.25) is 0 Å². The molecule has 206 valence electrons. The number of hydrogen-bond acceptors (Lipinski definition) is 7. The molecule has 0 unspecified atom stereocenters. The maximum Gasteiger partial charge on any atom is 0.331 e. The van der Waals surface area contributed by atoms with Crippen molar-refractivity contribution in [2.75, 3.05) is 0 Å². The van der Waals surface area contributed by atoms with Gasteiger partial charge in [-0.25, -0.2) is 9.59 Å². The average Bonchev–Trinajstić information content (AvgIpc) is 3.45. The van der Waals surface area contributed by atoms with Gasteiger partial charge in [0.1, 0.15) is 0 Å². The molecule has 3 aromatic carbocycles. The standard InChI is InChI=1S/C32H33N3O4S/c1-6-7-8-9-14-35-29-12-10-23(19(2)33-38-21(4)36)15-25(29)26-18-32-28(17-30(26)35)27-16-24(11-13-31(27)40-32)20(3)34-39-22(5)37/h10-13,15-18H,6-9,14H2,1-5H3/b33-19+,34-20+. The average molecular weight is 556 g/mol. The third-order valence-corrected chi connectivity index (χ3v) is 8.28. The molecule has 0 aliphatic heterocycles. The maximum absolute atomic E-state index is 11.3. The number of carbonyl (C=O) groups excluding carboxylic acids is 2. The van der Waals surface area contributed by atoms with E-state index in [2.05, 4.69) is 58.2 Å². The van der Waals surface area contributed by atoms with Gasteiger partial charge in [-0.05, 0) is 67.8 Å². The Morgan fingerprint density at radius 2 is 1.30 bits per heavy atom. The minimum absolute atomic E-state index is 0.438. The summed E-state index contributed by atoms with van der Waals surface area (Å²) < 4.78 is 4.83. The van der Waals surface area contributed by atoms with Gasteiger partial charge in [0.2, 0.25) is 0 Å². The van der Waals surface area contributed by atoms with Crippen molar-refractivity contribution in [3.8, 4) is 0 Å². The molecule has 0 fully saturated rings. The normalized spacial score (nSPS) is 12.6. The number of aryl methyl sites for hydroxylation is 1. The van der Waals surface area contributed by atoms with E-state index >= 15 is 0 Å². The summed E-state index contributed by atoms with van der Waals surface area (Å²) in [7, 11) is 0. The fourth-order valence-corrected chi connectivity index (χ4v) is 6.23. The number of thiophene rings is 1. The summed E-state index contributed by atoms with van der Waals surface area (Å²) in [5.41, 5.74) is 5.52. The molecular formula is C32H33N3O4S. The summed E-state index contributed by atoms with van der Waals surface area (Å²) in [6.07, 6.45) is 4.72. The van der Waals surface area contributed by atoms with Gasteiger partial charge in [-0.2, -0.15) is 0 Å². The van der Waals surface area contributed by atoms with Crippen LogP contribution in [-0.4, -0.2) is 27.9 Å². The molecule has 0 N–H and O–H groups in total. The predicted molar refractivity (Wildman–Crippen MR) is 164 cm³/mol. The highest BCUT2D eigenvalue weighted by Crippen LogP contribution is 2.40. The Balaban J connectivity index is 1.69. The highest BCUT2D eigenvalue weighted by atomic mass is 32.1. The van der Waals surface area contributed by atoms with Gasteiger partial charge in [0.15, 0.2) is 0 Å². The van der Waals surface area contributed by atoms with Crippen LogP contribution in [0.3, 0.4) is 0 Å². The molecule has 0 amide bonds. The van der Waals surface area contributed by atoms with Crippen LogP contribution in [0.4, 0.5) is 0 Å². The number of aromatic nitrogens is 1. The molecule has 0 radical (unpaired) electrons. The van der Waals surface area contributed by atoms with Crippen molar-refractivity contribution >= 4 is 76.7 Å². The summed E-state index contributed by atoms with van der Waals surface area (Å²) in [5, 5.41) is 12.7. The first kappa shape index (κ1) is 27.5. The molecule has 0 saturated heterocycles. The number of unbranched alkanes of at least 4 members (excludes halogenated alkanes) is 3. The highest BCUT2D eigenvalue weighted by molar-refractivity contribution is 7.25. The fourth-order valence-electron chi connectivity index (χ4n) is 5.13. The topological polar surface area (TPSA) is 82.2 Å². The summed E-state index contributed by atoms with van der Waals surface area (Å²) in [4.78, 5) is 32.3. The quantitative estimate of drug-likeness (QED) is 0.0792. The zero-order valence-corrected chi connectivity index (χ0v) is 24.4. The number of benzene rings is 3. The first-order valence-electron chi connectivity index (χ1n) is 13.6. The van der Waals surface area contributed by atoms with Crippen molar-refractivity contribution < 1.29 is 19.3 Å². The van der Waals surface area contributed by atoms with Crippen LogP contribution in [0.25, 0.3) is 42.0 Å². The first-order valence-corrected chi connectivity index (χ1v) is 14.5. The maximum atomic E-state index is 11.3. The minimum atomic E-state index is -0.438. The molecule has 40 heavy (non-hydrogen) atoms. The fraction of sp³-hybridized carbons (Fsp3) is 0.312. The van der Waals surface area contributed by atoms with Crippen LogP contribution in [0, 0.1) is 0 Å². The Labute approximate surface area is 237 Å². The molecule has 7 nitrogen and oxygen atoms in total. The van der Waals surface area contributed by atoms with E-state index in [1.54, 1.807) is 11.3 Å². The van der Waals surface area contributed by atoms with Crippen LogP contribution >= 0.6 is 11.3 Å². The summed E-state index contributed by atoms with van der Waals surface area (Å²) in [6.45, 7) is 9.55. The third-order valence-electron chi connectivity index (χ3n) is 7.15. The lowest BCUT2D eigenvalue weighted by atomic mass is 10.0. The largest absolute Gasteiger partial charge is 0.340 e. The zero-order chi connectivity index (χ0) is 28.4. The van der Waals surface area contributed by atoms with Crippen LogP contribution < -0.4 is 0 Å². The SMILES string of the molecule is CCCCCCn1c2ccc(/C(C)=N/OC(C)=O)cc2c2cc3sc4ccc(/C(C)=N/OC(C)=O)cc4c3cc21. The molecular weight excluding hydrogens is 522 g/mol. The van der Waals surface area contributed by atoms with Crippen molar-refractivity contribution in [3.05, 3.63) is 59.7 Å². The second-order valence-electron chi connectivity index (χ2n) is 10.1. The van der Waals surface area contributed by atoms with E-state index in [9.17, 15) is 9.59 Å². The van der Waals surface area contributed by atoms with E-state index in [-0.39, 0.29) is 0 Å². The molecule has 5 rings (SSSR count). The van der Waals surface area contributed by atoms with Gasteiger partial charge in [0.25, 0.3) is 0 Å². The molecule has 0 spiro atoms. The predicted octanol–water partition coefficient (Wildman–Crippen LogP) is 8.32.